The van der Waals surface area contributed by atoms with Gasteiger partial charge in [0.2, 0.25) is 0 Å². The van der Waals surface area contributed by atoms with Gasteiger partial charge in [0.05, 0.1) is 5.69 Å². The molecule has 16 heavy (non-hydrogen) atoms. The summed E-state index contributed by atoms with van der Waals surface area (Å²) >= 11 is 0. The third kappa shape index (κ3) is 1.56. The Balaban J connectivity index is 2.56. The third-order valence-electron chi connectivity index (χ3n) is 2.49. The van der Waals surface area contributed by atoms with Crippen LogP contribution in [0.15, 0.2) is 18.2 Å². The fraction of sp³-hybridized carbons (Fsp3) is 0.182. The van der Waals surface area contributed by atoms with Gasteiger partial charge >= 0.3 is 0 Å². The molecular weight excluding hydrogens is 206 g/mol. The van der Waals surface area contributed by atoms with Crippen molar-refractivity contribution in [3.05, 3.63) is 23.8 Å². The lowest BCUT2D eigenvalue weighted by Crippen LogP contribution is -1.96. The Morgan fingerprint density at radius 3 is 2.44 bits per heavy atom. The van der Waals surface area contributed by atoms with E-state index < -0.39 is 0 Å². The van der Waals surface area contributed by atoms with E-state index in [2.05, 4.69) is 5.10 Å². The maximum absolute atomic E-state index is 9.50. The lowest BCUT2D eigenvalue weighted by molar-refractivity contribution is 0.401. The molecule has 2 aromatic rings. The van der Waals surface area contributed by atoms with Crippen LogP contribution in [0, 0.1) is 6.92 Å². The number of hydrogen-bond donors (Lipinski definition) is 3. The number of phenols is 2. The minimum atomic E-state index is -0.153. The molecule has 5 heteroatoms. The molecule has 1 aromatic heterocycles. The maximum Gasteiger partial charge on any atom is 0.160 e. The predicted molar refractivity (Wildman–Crippen MR) is 61.1 cm³/mol. The normalized spacial score (nSPS) is 10.6. The summed E-state index contributed by atoms with van der Waals surface area (Å²) in [7, 11) is 1.74. The van der Waals surface area contributed by atoms with Gasteiger partial charge in [-0.3, -0.25) is 4.68 Å². The van der Waals surface area contributed by atoms with Crippen LogP contribution in [0.1, 0.15) is 5.56 Å². The first-order valence-corrected chi connectivity index (χ1v) is 4.81. The second kappa shape index (κ2) is 3.44. The Morgan fingerprint density at radius 2 is 1.94 bits per heavy atom. The molecule has 0 spiro atoms. The number of rotatable bonds is 1. The van der Waals surface area contributed by atoms with Crippen molar-refractivity contribution in [1.29, 1.82) is 0 Å². The Labute approximate surface area is 92.8 Å². The van der Waals surface area contributed by atoms with Crippen molar-refractivity contribution in [3.8, 4) is 22.8 Å². The second-order valence-electron chi connectivity index (χ2n) is 3.74. The zero-order valence-corrected chi connectivity index (χ0v) is 9.10. The predicted octanol–water partition coefficient (Wildman–Crippen LogP) is 1.39. The number of phenolic OH excluding ortho intramolecular Hbond substituents is 2. The van der Waals surface area contributed by atoms with Gasteiger partial charge in [-0.2, -0.15) is 5.10 Å². The summed E-state index contributed by atoms with van der Waals surface area (Å²) in [5.41, 5.74) is 7.66. The summed E-state index contributed by atoms with van der Waals surface area (Å²) in [6.45, 7) is 1.71. The SMILES string of the molecule is Cc1cc(-c2cc(N)n(C)n2)cc(O)c1O. The molecule has 0 bridgehead atoms. The Bertz CT molecular complexity index is 504. The van der Waals surface area contributed by atoms with E-state index in [1.807, 2.05) is 0 Å². The van der Waals surface area contributed by atoms with Crippen LogP contribution in [0.25, 0.3) is 11.3 Å². The Kier molecular flexibility index (Phi) is 2.23. The summed E-state index contributed by atoms with van der Waals surface area (Å²) in [5, 5.41) is 23.1. The quantitative estimate of drug-likeness (QED) is 0.633. The molecule has 1 heterocycles. The molecule has 0 fully saturated rings. The standard InChI is InChI=1S/C11H13N3O2/c1-6-3-7(4-9(15)11(6)16)8-5-10(12)14(2)13-8/h3-5,15-16H,12H2,1-2H3. The first-order valence-electron chi connectivity index (χ1n) is 4.81. The zero-order chi connectivity index (χ0) is 11.9. The van der Waals surface area contributed by atoms with Crippen molar-refractivity contribution in [1.82, 2.24) is 9.78 Å². The van der Waals surface area contributed by atoms with E-state index in [0.29, 0.717) is 17.1 Å². The van der Waals surface area contributed by atoms with E-state index >= 15 is 0 Å². The lowest BCUT2D eigenvalue weighted by Gasteiger charge is -2.04. The molecule has 0 aliphatic heterocycles. The molecule has 4 N–H and O–H groups in total. The highest BCUT2D eigenvalue weighted by atomic mass is 16.3. The first-order chi connectivity index (χ1) is 7.49. The number of nitrogens with zero attached hydrogens (tertiary/aromatic N) is 2. The van der Waals surface area contributed by atoms with Gasteiger partial charge in [-0.05, 0) is 24.6 Å². The van der Waals surface area contributed by atoms with Gasteiger partial charge in [0.1, 0.15) is 5.82 Å². The fourth-order valence-electron chi connectivity index (χ4n) is 1.53. The van der Waals surface area contributed by atoms with Crippen LogP contribution in [0.2, 0.25) is 0 Å². The fourth-order valence-corrected chi connectivity index (χ4v) is 1.53. The molecular formula is C11H13N3O2. The smallest absolute Gasteiger partial charge is 0.160 e. The van der Waals surface area contributed by atoms with Crippen LogP contribution in [0.4, 0.5) is 5.82 Å². The molecule has 84 valence electrons. The molecule has 0 atom stereocenters. The molecule has 0 amide bonds. The largest absolute Gasteiger partial charge is 0.504 e. The van der Waals surface area contributed by atoms with Crippen LogP contribution in [-0.4, -0.2) is 20.0 Å². The number of nitrogens with two attached hydrogens (primary N) is 1. The van der Waals surface area contributed by atoms with E-state index in [1.54, 1.807) is 30.8 Å². The van der Waals surface area contributed by atoms with Crippen LogP contribution in [0.5, 0.6) is 11.5 Å². The summed E-state index contributed by atoms with van der Waals surface area (Å²) in [6.07, 6.45) is 0. The van der Waals surface area contributed by atoms with Crippen molar-refractivity contribution in [2.24, 2.45) is 7.05 Å². The Morgan fingerprint density at radius 1 is 1.25 bits per heavy atom. The number of aryl methyl sites for hydroxylation is 2. The van der Waals surface area contributed by atoms with Crippen molar-refractivity contribution < 1.29 is 10.2 Å². The van der Waals surface area contributed by atoms with Crippen molar-refractivity contribution >= 4 is 5.82 Å². The lowest BCUT2D eigenvalue weighted by atomic mass is 10.1. The highest BCUT2D eigenvalue weighted by molar-refractivity contribution is 5.67. The molecule has 5 nitrogen and oxygen atoms in total. The molecule has 0 aliphatic rings. The first kappa shape index (κ1) is 10.4. The van der Waals surface area contributed by atoms with Gasteiger partial charge in [-0.25, -0.2) is 0 Å². The molecule has 2 rings (SSSR count). The van der Waals surface area contributed by atoms with E-state index in [4.69, 9.17) is 5.73 Å². The summed E-state index contributed by atoms with van der Waals surface area (Å²) in [5.74, 6) is 0.284. The molecule has 0 radical (unpaired) electrons. The summed E-state index contributed by atoms with van der Waals surface area (Å²) < 4.78 is 1.55. The molecule has 0 unspecified atom stereocenters. The van der Waals surface area contributed by atoms with Crippen LogP contribution >= 0.6 is 0 Å². The summed E-state index contributed by atoms with van der Waals surface area (Å²) in [4.78, 5) is 0. The van der Waals surface area contributed by atoms with Crippen molar-refractivity contribution in [3.63, 3.8) is 0 Å². The monoisotopic (exact) mass is 219 g/mol. The van der Waals surface area contributed by atoms with Gasteiger partial charge < -0.3 is 15.9 Å². The van der Waals surface area contributed by atoms with E-state index in [9.17, 15) is 10.2 Å². The van der Waals surface area contributed by atoms with Crippen molar-refractivity contribution in [2.75, 3.05) is 5.73 Å². The van der Waals surface area contributed by atoms with Crippen LogP contribution in [0.3, 0.4) is 0 Å². The van der Waals surface area contributed by atoms with Gasteiger partial charge in [0, 0.05) is 18.7 Å². The minimum Gasteiger partial charge on any atom is -0.504 e. The topological polar surface area (TPSA) is 84.3 Å². The van der Waals surface area contributed by atoms with Gasteiger partial charge in [-0.15, -0.1) is 0 Å². The highest BCUT2D eigenvalue weighted by Crippen LogP contribution is 2.33. The van der Waals surface area contributed by atoms with E-state index in [-0.39, 0.29) is 11.5 Å². The number of benzene rings is 1. The average Bonchev–Trinajstić information content (AvgIpc) is 2.55. The van der Waals surface area contributed by atoms with Crippen molar-refractivity contribution in [2.45, 2.75) is 6.92 Å². The molecule has 1 aromatic carbocycles. The van der Waals surface area contributed by atoms with Gasteiger partial charge in [0.15, 0.2) is 11.5 Å². The average molecular weight is 219 g/mol. The number of hydrogen-bond acceptors (Lipinski definition) is 4. The third-order valence-corrected chi connectivity index (χ3v) is 2.49. The molecule has 0 saturated heterocycles. The zero-order valence-electron chi connectivity index (χ0n) is 9.10. The van der Waals surface area contributed by atoms with Crippen LogP contribution < -0.4 is 5.73 Å². The van der Waals surface area contributed by atoms with E-state index in [0.717, 1.165) is 5.56 Å². The van der Waals surface area contributed by atoms with Gasteiger partial charge in [0.25, 0.3) is 0 Å². The number of aromatic nitrogens is 2. The summed E-state index contributed by atoms with van der Waals surface area (Å²) in [6, 6.07) is 4.92. The number of aromatic hydroxyl groups is 2. The highest BCUT2D eigenvalue weighted by Gasteiger charge is 2.10. The Hall–Kier alpha value is -2.17. The number of nitrogen functional groups attached to an aromatic ring is 1. The molecule has 0 aliphatic carbocycles. The number of anilines is 1. The maximum atomic E-state index is 9.50. The molecule has 0 saturated carbocycles. The van der Waals surface area contributed by atoms with E-state index in [1.165, 1.54) is 6.07 Å². The van der Waals surface area contributed by atoms with Gasteiger partial charge in [-0.1, -0.05) is 0 Å². The van der Waals surface area contributed by atoms with Crippen LogP contribution in [-0.2, 0) is 7.05 Å². The second-order valence-corrected chi connectivity index (χ2v) is 3.74. The minimum absolute atomic E-state index is 0.104.